The molecular weight excluding hydrogens is 201 g/mol. The van der Waals surface area contributed by atoms with Gasteiger partial charge in [0.2, 0.25) is 0 Å². The van der Waals surface area contributed by atoms with E-state index in [-0.39, 0.29) is 12.2 Å². The van der Waals surface area contributed by atoms with Crippen LogP contribution in [0.5, 0.6) is 0 Å². The summed E-state index contributed by atoms with van der Waals surface area (Å²) in [5, 5.41) is 1.01. The molecule has 0 radical (unpaired) electrons. The third kappa shape index (κ3) is 2.80. The monoisotopic (exact) mass is 210 g/mol. The normalized spacial score (nSPS) is 16.5. The van der Waals surface area contributed by atoms with Gasteiger partial charge in [-0.05, 0) is 0 Å². The predicted molar refractivity (Wildman–Crippen MR) is 40.9 cm³/mol. The minimum absolute atomic E-state index is 0.0192. The first-order valence-electron chi connectivity index (χ1n) is 3.75. The second-order valence-corrected chi connectivity index (χ2v) is 2.67. The van der Waals surface area contributed by atoms with Crippen molar-refractivity contribution in [2.75, 3.05) is 6.54 Å². The van der Waals surface area contributed by atoms with Crippen LogP contribution in [0.3, 0.4) is 0 Å². The summed E-state index contributed by atoms with van der Waals surface area (Å²) in [6.07, 6.45) is -4.07. The van der Waals surface area contributed by atoms with Crippen LogP contribution in [0.15, 0.2) is 11.9 Å². The fraction of sp³-hybridized carbons (Fsp3) is 0.500. The summed E-state index contributed by atoms with van der Waals surface area (Å²) < 4.78 is 35.5. The molecule has 0 saturated carbocycles. The van der Waals surface area contributed by atoms with Crippen LogP contribution >= 0.6 is 0 Å². The second kappa shape index (κ2) is 3.74. The standard InChI is InChI=1S/C6H9F3N4O/c7-6(8,9)1-2-13-4(5(10)14)3-11-12-13/h3,11-12H,1-2H2,(H2,10,14). The number of halogens is 3. The number of nitrogens with one attached hydrogen (secondary N) is 2. The number of hydrazine groups is 2. The molecule has 0 spiro atoms. The molecule has 1 heterocycles. The number of rotatable bonds is 3. The molecule has 5 nitrogen and oxygen atoms in total. The fourth-order valence-electron chi connectivity index (χ4n) is 0.936. The van der Waals surface area contributed by atoms with E-state index in [0.29, 0.717) is 0 Å². The highest BCUT2D eigenvalue weighted by atomic mass is 19.4. The van der Waals surface area contributed by atoms with Gasteiger partial charge in [0.25, 0.3) is 5.91 Å². The molecule has 1 rings (SSSR count). The van der Waals surface area contributed by atoms with Crippen molar-refractivity contribution in [1.82, 2.24) is 16.0 Å². The quantitative estimate of drug-likeness (QED) is 0.592. The van der Waals surface area contributed by atoms with Crippen LogP contribution in [0.25, 0.3) is 0 Å². The molecule has 4 N–H and O–H groups in total. The molecule has 1 aliphatic heterocycles. The Bertz CT molecular complexity index is 262. The molecule has 14 heavy (non-hydrogen) atoms. The van der Waals surface area contributed by atoms with Gasteiger partial charge in [-0.2, -0.15) is 13.2 Å². The Balaban J connectivity index is 2.47. The second-order valence-electron chi connectivity index (χ2n) is 2.67. The average molecular weight is 210 g/mol. The number of alkyl halides is 3. The van der Waals surface area contributed by atoms with Crippen molar-refractivity contribution in [2.24, 2.45) is 5.73 Å². The Morgan fingerprint density at radius 2 is 2.21 bits per heavy atom. The van der Waals surface area contributed by atoms with Gasteiger partial charge in [-0.1, -0.05) is 0 Å². The van der Waals surface area contributed by atoms with Crippen molar-refractivity contribution in [3.63, 3.8) is 0 Å². The number of primary amides is 1. The first-order chi connectivity index (χ1) is 6.40. The summed E-state index contributed by atoms with van der Waals surface area (Å²) in [5.41, 5.74) is 9.63. The van der Waals surface area contributed by atoms with E-state index in [2.05, 4.69) is 11.0 Å². The Morgan fingerprint density at radius 1 is 1.57 bits per heavy atom. The third-order valence-electron chi connectivity index (χ3n) is 1.57. The van der Waals surface area contributed by atoms with Crippen LogP contribution in [0.4, 0.5) is 13.2 Å². The van der Waals surface area contributed by atoms with Crippen LogP contribution in [0.2, 0.25) is 0 Å². The maximum Gasteiger partial charge on any atom is 0.390 e. The van der Waals surface area contributed by atoms with Gasteiger partial charge in [0.05, 0.1) is 6.42 Å². The maximum absolute atomic E-state index is 11.8. The largest absolute Gasteiger partial charge is 0.390 e. The first kappa shape index (κ1) is 10.6. The molecule has 0 saturated heterocycles. The van der Waals surface area contributed by atoms with Gasteiger partial charge < -0.3 is 11.2 Å². The van der Waals surface area contributed by atoms with E-state index in [1.807, 2.05) is 0 Å². The van der Waals surface area contributed by atoms with E-state index in [1.54, 1.807) is 0 Å². The van der Waals surface area contributed by atoms with Gasteiger partial charge in [0, 0.05) is 12.7 Å². The van der Waals surface area contributed by atoms with Gasteiger partial charge in [0.1, 0.15) is 5.70 Å². The van der Waals surface area contributed by atoms with Crippen molar-refractivity contribution in [3.05, 3.63) is 11.9 Å². The van der Waals surface area contributed by atoms with Crippen molar-refractivity contribution >= 4 is 5.91 Å². The van der Waals surface area contributed by atoms with Crippen molar-refractivity contribution in [3.8, 4) is 0 Å². The molecule has 0 unspecified atom stereocenters. The summed E-state index contributed by atoms with van der Waals surface area (Å²) in [6.45, 7) is -0.370. The lowest BCUT2D eigenvalue weighted by atomic mass is 10.3. The van der Waals surface area contributed by atoms with Crippen molar-refractivity contribution in [2.45, 2.75) is 12.6 Å². The molecule has 0 aromatic carbocycles. The highest BCUT2D eigenvalue weighted by Gasteiger charge is 2.30. The number of carbonyl (C=O) groups is 1. The number of carbonyl (C=O) groups excluding carboxylic acids is 1. The lowest BCUT2D eigenvalue weighted by Crippen LogP contribution is -2.41. The minimum Gasteiger partial charge on any atom is -0.364 e. The number of amides is 1. The Kier molecular flexibility index (Phi) is 2.84. The lowest BCUT2D eigenvalue weighted by molar-refractivity contribution is -0.139. The summed E-state index contributed by atoms with van der Waals surface area (Å²) in [7, 11) is 0. The molecule has 1 amide bonds. The predicted octanol–water partition coefficient (Wildman–Crippen LogP) is -0.410. The highest BCUT2D eigenvalue weighted by molar-refractivity contribution is 5.91. The summed E-state index contributed by atoms with van der Waals surface area (Å²) in [5.74, 6) is -0.787. The van der Waals surface area contributed by atoms with E-state index in [1.165, 1.54) is 6.20 Å². The van der Waals surface area contributed by atoms with Gasteiger partial charge in [-0.15, -0.1) is 5.53 Å². The van der Waals surface area contributed by atoms with Gasteiger partial charge in [0.15, 0.2) is 0 Å². The number of hydrogen-bond acceptors (Lipinski definition) is 4. The molecule has 1 aliphatic rings. The topological polar surface area (TPSA) is 70.4 Å². The van der Waals surface area contributed by atoms with Gasteiger partial charge >= 0.3 is 6.18 Å². The van der Waals surface area contributed by atoms with E-state index >= 15 is 0 Å². The number of nitrogens with zero attached hydrogens (tertiary/aromatic N) is 1. The van der Waals surface area contributed by atoms with Crippen LogP contribution in [0, 0.1) is 0 Å². The number of nitrogens with two attached hydrogens (primary N) is 1. The lowest BCUT2D eigenvalue weighted by Gasteiger charge is -2.19. The van der Waals surface area contributed by atoms with E-state index in [4.69, 9.17) is 5.73 Å². The summed E-state index contributed by atoms with van der Waals surface area (Å²) in [4.78, 5) is 10.7. The number of hydrogen-bond donors (Lipinski definition) is 3. The molecule has 80 valence electrons. The summed E-state index contributed by atoms with van der Waals surface area (Å²) >= 11 is 0. The maximum atomic E-state index is 11.8. The average Bonchev–Trinajstić information content (AvgIpc) is 2.46. The molecule has 8 heteroatoms. The SMILES string of the molecule is NC(=O)C1=CNNN1CCC(F)(F)F. The Hall–Kier alpha value is -1.44. The van der Waals surface area contributed by atoms with E-state index in [9.17, 15) is 18.0 Å². The smallest absolute Gasteiger partial charge is 0.364 e. The van der Waals surface area contributed by atoms with Crippen LogP contribution < -0.4 is 16.7 Å². The molecule has 0 aliphatic carbocycles. The van der Waals surface area contributed by atoms with Crippen molar-refractivity contribution < 1.29 is 18.0 Å². The van der Waals surface area contributed by atoms with Gasteiger partial charge in [-0.25, -0.2) is 0 Å². The first-order valence-corrected chi connectivity index (χ1v) is 3.75. The van der Waals surface area contributed by atoms with Crippen LogP contribution in [-0.2, 0) is 4.79 Å². The summed E-state index contributed by atoms with van der Waals surface area (Å²) in [6, 6.07) is 0. The van der Waals surface area contributed by atoms with E-state index in [0.717, 1.165) is 5.01 Å². The van der Waals surface area contributed by atoms with Crippen LogP contribution in [-0.4, -0.2) is 23.6 Å². The van der Waals surface area contributed by atoms with Gasteiger partial charge in [-0.3, -0.25) is 9.80 Å². The Labute approximate surface area is 77.7 Å². The molecular formula is C6H9F3N4O. The molecule has 0 fully saturated rings. The molecule has 0 atom stereocenters. The molecule has 0 bridgehead atoms. The zero-order valence-corrected chi connectivity index (χ0v) is 7.06. The van der Waals surface area contributed by atoms with Crippen molar-refractivity contribution in [1.29, 1.82) is 0 Å². The minimum atomic E-state index is -4.26. The molecule has 0 aromatic rings. The zero-order valence-electron chi connectivity index (χ0n) is 7.06. The van der Waals surface area contributed by atoms with E-state index < -0.39 is 18.5 Å². The highest BCUT2D eigenvalue weighted by Crippen LogP contribution is 2.20. The third-order valence-corrected chi connectivity index (χ3v) is 1.57. The van der Waals surface area contributed by atoms with Crippen LogP contribution in [0.1, 0.15) is 6.42 Å². The zero-order chi connectivity index (χ0) is 10.8. The molecule has 0 aromatic heterocycles. The Morgan fingerprint density at radius 3 is 2.71 bits per heavy atom. The fourth-order valence-corrected chi connectivity index (χ4v) is 0.936.